The van der Waals surface area contributed by atoms with Crippen LogP contribution in [0, 0.1) is 0 Å². The van der Waals surface area contributed by atoms with Crippen molar-refractivity contribution in [1.29, 1.82) is 0 Å². The summed E-state index contributed by atoms with van der Waals surface area (Å²) in [6.45, 7) is 0.107. The third-order valence-corrected chi connectivity index (χ3v) is 2.20. The maximum atomic E-state index is 12.7. The number of nitrogens with zero attached hydrogens (tertiary/aromatic N) is 1. The van der Waals surface area contributed by atoms with Crippen molar-refractivity contribution in [2.24, 2.45) is 0 Å². The fraction of sp³-hybridized carbons (Fsp3) is 0.455. The van der Waals surface area contributed by atoms with Crippen molar-refractivity contribution in [2.75, 3.05) is 6.61 Å². The molecule has 0 aliphatic carbocycles. The highest BCUT2D eigenvalue weighted by atomic mass is 19.3. The summed E-state index contributed by atoms with van der Waals surface area (Å²) in [4.78, 5) is 14.5. The topological polar surface area (TPSA) is 59.4 Å². The molecule has 0 fully saturated rings. The van der Waals surface area contributed by atoms with Crippen molar-refractivity contribution >= 4 is 5.97 Å². The lowest BCUT2D eigenvalue weighted by Gasteiger charge is -2.16. The predicted molar refractivity (Wildman–Crippen MR) is 57.0 cm³/mol. The van der Waals surface area contributed by atoms with Crippen molar-refractivity contribution in [1.82, 2.24) is 4.98 Å². The summed E-state index contributed by atoms with van der Waals surface area (Å²) >= 11 is 0. The number of pyridine rings is 1. The number of aromatic carboxylic acids is 1. The minimum atomic E-state index is -4.31. The van der Waals surface area contributed by atoms with Gasteiger partial charge in [-0.2, -0.15) is 8.78 Å². The first kappa shape index (κ1) is 15.2. The molecule has 0 unspecified atom stereocenters. The minimum Gasteiger partial charge on any atom is -0.478 e. The van der Waals surface area contributed by atoms with Crippen LogP contribution < -0.4 is 4.74 Å². The standard InChI is InChI=1S/C11H11F4NO3/c1-2-7-3-6(9(17)18)4-8(16-7)19-5-11(14,15)10(12)13/h3-4,10H,2,5H2,1H3,(H,17,18). The zero-order valence-corrected chi connectivity index (χ0v) is 9.87. The van der Waals surface area contributed by atoms with E-state index in [1.165, 1.54) is 6.07 Å². The van der Waals surface area contributed by atoms with Crippen molar-refractivity contribution in [2.45, 2.75) is 25.7 Å². The van der Waals surface area contributed by atoms with Crippen LogP contribution in [0.1, 0.15) is 23.0 Å². The van der Waals surface area contributed by atoms with Crippen LogP contribution in [0.25, 0.3) is 0 Å². The molecule has 1 aromatic heterocycles. The van der Waals surface area contributed by atoms with Crippen LogP contribution in [0.5, 0.6) is 5.88 Å². The molecule has 0 aliphatic heterocycles. The molecule has 1 rings (SSSR count). The SMILES string of the molecule is CCc1cc(C(=O)O)cc(OCC(F)(F)C(F)F)n1. The molecule has 0 saturated heterocycles. The third-order valence-electron chi connectivity index (χ3n) is 2.20. The lowest BCUT2D eigenvalue weighted by Crippen LogP contribution is -2.34. The number of rotatable bonds is 6. The number of carboxylic acids is 1. The van der Waals surface area contributed by atoms with E-state index in [4.69, 9.17) is 5.11 Å². The average molecular weight is 281 g/mol. The van der Waals surface area contributed by atoms with E-state index in [1.54, 1.807) is 6.92 Å². The number of hydrogen-bond donors (Lipinski definition) is 1. The van der Waals surface area contributed by atoms with Gasteiger partial charge in [0, 0.05) is 11.8 Å². The minimum absolute atomic E-state index is 0.206. The molecular weight excluding hydrogens is 270 g/mol. The van der Waals surface area contributed by atoms with Crippen LogP contribution in [0.15, 0.2) is 12.1 Å². The predicted octanol–water partition coefficient (Wildman–Crippen LogP) is 2.62. The molecule has 8 heteroatoms. The maximum absolute atomic E-state index is 12.7. The zero-order valence-electron chi connectivity index (χ0n) is 9.87. The molecule has 0 aromatic carbocycles. The van der Waals surface area contributed by atoms with Crippen molar-refractivity contribution in [3.05, 3.63) is 23.4 Å². The van der Waals surface area contributed by atoms with E-state index in [1.807, 2.05) is 0 Å². The molecule has 0 saturated carbocycles. The summed E-state index contributed by atoms with van der Waals surface area (Å²) in [5.74, 6) is -6.02. The van der Waals surface area contributed by atoms with Gasteiger partial charge in [0.2, 0.25) is 5.88 Å². The van der Waals surface area contributed by atoms with E-state index < -0.39 is 30.8 Å². The quantitative estimate of drug-likeness (QED) is 0.814. The summed E-state index contributed by atoms with van der Waals surface area (Å²) < 4.78 is 53.6. The number of halogens is 4. The number of carbonyl (C=O) groups is 1. The van der Waals surface area contributed by atoms with Crippen LogP contribution >= 0.6 is 0 Å². The largest absolute Gasteiger partial charge is 0.478 e. The fourth-order valence-electron chi connectivity index (χ4n) is 1.17. The van der Waals surface area contributed by atoms with Crippen molar-refractivity contribution < 1.29 is 32.2 Å². The van der Waals surface area contributed by atoms with Gasteiger partial charge in [-0.3, -0.25) is 0 Å². The summed E-state index contributed by atoms with van der Waals surface area (Å²) in [5, 5.41) is 8.79. The Morgan fingerprint density at radius 1 is 1.47 bits per heavy atom. The first-order chi connectivity index (χ1) is 8.76. The molecule has 106 valence electrons. The summed E-state index contributed by atoms with van der Waals surface area (Å²) in [7, 11) is 0. The highest BCUT2D eigenvalue weighted by Crippen LogP contribution is 2.24. The Hall–Kier alpha value is -1.86. The number of aromatic nitrogens is 1. The Labute approximate surface area is 106 Å². The van der Waals surface area contributed by atoms with Crippen molar-refractivity contribution in [3.63, 3.8) is 0 Å². The Bertz CT molecular complexity index is 465. The van der Waals surface area contributed by atoms with Crippen LogP contribution in [0.2, 0.25) is 0 Å². The highest BCUT2D eigenvalue weighted by Gasteiger charge is 2.41. The first-order valence-corrected chi connectivity index (χ1v) is 5.29. The van der Waals surface area contributed by atoms with E-state index in [9.17, 15) is 22.4 Å². The third kappa shape index (κ3) is 4.08. The van der Waals surface area contributed by atoms with Gasteiger partial charge < -0.3 is 9.84 Å². The molecule has 4 nitrogen and oxygen atoms in total. The second kappa shape index (κ2) is 5.85. The Morgan fingerprint density at radius 3 is 2.58 bits per heavy atom. The second-order valence-corrected chi connectivity index (χ2v) is 3.69. The molecule has 0 spiro atoms. The Morgan fingerprint density at radius 2 is 2.11 bits per heavy atom. The van der Waals surface area contributed by atoms with Gasteiger partial charge in [-0.25, -0.2) is 18.6 Å². The number of carboxylic acid groups (broad SMARTS) is 1. The summed E-state index contributed by atoms with van der Waals surface area (Å²) in [5.41, 5.74) is 0.0949. The van der Waals surface area contributed by atoms with Crippen LogP contribution in [-0.4, -0.2) is 35.0 Å². The molecule has 0 radical (unpaired) electrons. The highest BCUT2D eigenvalue weighted by molar-refractivity contribution is 5.88. The number of aryl methyl sites for hydroxylation is 1. The molecule has 19 heavy (non-hydrogen) atoms. The molecule has 1 heterocycles. The maximum Gasteiger partial charge on any atom is 0.340 e. The van der Waals surface area contributed by atoms with Crippen LogP contribution in [0.4, 0.5) is 17.6 Å². The molecule has 1 aromatic rings. The zero-order chi connectivity index (χ0) is 14.6. The van der Waals surface area contributed by atoms with Gasteiger partial charge in [-0.1, -0.05) is 6.92 Å². The Kier molecular flexibility index (Phi) is 4.68. The lowest BCUT2D eigenvalue weighted by molar-refractivity contribution is -0.148. The second-order valence-electron chi connectivity index (χ2n) is 3.69. The summed E-state index contributed by atoms with van der Waals surface area (Å²) in [6.07, 6.45) is -3.51. The van der Waals surface area contributed by atoms with Gasteiger partial charge >= 0.3 is 18.3 Å². The van der Waals surface area contributed by atoms with E-state index in [-0.39, 0.29) is 5.56 Å². The van der Waals surface area contributed by atoms with Crippen molar-refractivity contribution in [3.8, 4) is 5.88 Å². The first-order valence-electron chi connectivity index (χ1n) is 5.29. The van der Waals surface area contributed by atoms with E-state index in [0.717, 1.165) is 6.07 Å². The molecule has 1 N–H and O–H groups in total. The molecule has 0 bridgehead atoms. The van der Waals surface area contributed by atoms with Gasteiger partial charge in [-0.05, 0) is 12.5 Å². The number of hydrogen-bond acceptors (Lipinski definition) is 3. The van der Waals surface area contributed by atoms with Gasteiger partial charge in [0.15, 0.2) is 6.61 Å². The summed E-state index contributed by atoms with van der Waals surface area (Å²) in [6, 6.07) is 2.16. The monoisotopic (exact) mass is 281 g/mol. The smallest absolute Gasteiger partial charge is 0.340 e. The van der Waals surface area contributed by atoms with Gasteiger partial charge in [-0.15, -0.1) is 0 Å². The number of alkyl halides is 4. The molecule has 0 amide bonds. The van der Waals surface area contributed by atoms with E-state index in [0.29, 0.717) is 12.1 Å². The normalized spacial score (nSPS) is 11.7. The van der Waals surface area contributed by atoms with Crippen LogP contribution in [-0.2, 0) is 6.42 Å². The van der Waals surface area contributed by atoms with Gasteiger partial charge in [0.05, 0.1) is 5.56 Å². The van der Waals surface area contributed by atoms with E-state index >= 15 is 0 Å². The molecule has 0 atom stereocenters. The Balaban J connectivity index is 2.89. The number of ether oxygens (including phenoxy) is 1. The lowest BCUT2D eigenvalue weighted by atomic mass is 10.2. The molecule has 0 aliphatic rings. The van der Waals surface area contributed by atoms with Gasteiger partial charge in [0.25, 0.3) is 0 Å². The van der Waals surface area contributed by atoms with Crippen LogP contribution in [0.3, 0.4) is 0 Å². The fourth-order valence-corrected chi connectivity index (χ4v) is 1.17. The molecular formula is C11H11F4NO3. The van der Waals surface area contributed by atoms with Gasteiger partial charge in [0.1, 0.15) is 0 Å². The average Bonchev–Trinajstić information content (AvgIpc) is 2.35. The van der Waals surface area contributed by atoms with E-state index in [2.05, 4.69) is 9.72 Å².